The molecule has 1 aliphatic heterocycles. The highest BCUT2D eigenvalue weighted by Gasteiger charge is 2.41. The van der Waals surface area contributed by atoms with Crippen LogP contribution < -0.4 is 4.72 Å². The number of likely N-dealkylation sites (N-methyl/N-ethyl adjacent to an activating group) is 1. The Labute approximate surface area is 202 Å². The van der Waals surface area contributed by atoms with E-state index in [1.54, 1.807) is 6.92 Å². The SMILES string of the molecule is CCOC(=O)CCC/C=C/C(NS(=O)(=O)OCC(Cl)(Cl)Cl)B1OC(=O)CN(C)CC(=O)O1. The van der Waals surface area contributed by atoms with Gasteiger partial charge in [0.25, 0.3) is 0 Å². The van der Waals surface area contributed by atoms with Crippen molar-refractivity contribution in [3.63, 3.8) is 0 Å². The van der Waals surface area contributed by atoms with Gasteiger partial charge in [0.05, 0.1) is 19.7 Å². The van der Waals surface area contributed by atoms with Crippen molar-refractivity contribution in [1.29, 1.82) is 0 Å². The summed E-state index contributed by atoms with van der Waals surface area (Å²) in [4.78, 5) is 36.8. The first kappa shape index (κ1) is 28.9. The van der Waals surface area contributed by atoms with E-state index in [1.807, 2.05) is 0 Å². The third-order valence-corrected chi connectivity index (χ3v) is 4.96. The zero-order chi connectivity index (χ0) is 24.4. The summed E-state index contributed by atoms with van der Waals surface area (Å²) in [5.74, 6) is -3.21. The minimum Gasteiger partial charge on any atom is -0.497 e. The number of nitrogens with one attached hydrogen (secondary N) is 1. The molecule has 0 amide bonds. The first-order valence-electron chi connectivity index (χ1n) is 9.44. The summed E-state index contributed by atoms with van der Waals surface area (Å²) in [6.07, 6.45) is 3.74. The number of carbonyl (C=O) groups excluding carboxylic acids is 3. The number of esters is 1. The van der Waals surface area contributed by atoms with Crippen LogP contribution in [0.3, 0.4) is 0 Å². The Kier molecular flexibility index (Phi) is 12.3. The molecular formula is C16H24BCl3N2O9S. The van der Waals surface area contributed by atoms with Crippen LogP contribution >= 0.6 is 34.8 Å². The second-order valence-electron chi connectivity index (χ2n) is 6.62. The molecule has 0 radical (unpaired) electrons. The first-order chi connectivity index (χ1) is 14.8. The number of alkyl halides is 3. The third-order valence-electron chi connectivity index (χ3n) is 3.65. The summed E-state index contributed by atoms with van der Waals surface area (Å²) >= 11 is 16.5. The Bertz CT molecular complexity index is 772. The zero-order valence-corrected chi connectivity index (χ0v) is 20.5. The molecule has 1 N–H and O–H groups in total. The van der Waals surface area contributed by atoms with Crippen LogP contribution in [0.25, 0.3) is 0 Å². The smallest absolute Gasteiger partial charge is 0.497 e. The average molecular weight is 538 g/mol. The lowest BCUT2D eigenvalue weighted by atomic mass is 9.78. The molecule has 11 nitrogen and oxygen atoms in total. The molecule has 0 spiro atoms. The predicted octanol–water partition coefficient (Wildman–Crippen LogP) is 0.925. The molecule has 1 heterocycles. The molecule has 1 atom stereocenters. The number of ether oxygens (including phenoxy) is 1. The number of unbranched alkanes of at least 4 members (excludes halogenated alkanes) is 1. The largest absolute Gasteiger partial charge is 0.622 e. The van der Waals surface area contributed by atoms with Crippen LogP contribution in [-0.4, -0.2) is 81.4 Å². The van der Waals surface area contributed by atoms with E-state index in [9.17, 15) is 22.8 Å². The number of hydrogen-bond acceptors (Lipinski definition) is 10. The number of carbonyl (C=O) groups is 3. The minimum atomic E-state index is -4.52. The molecule has 1 fully saturated rings. The van der Waals surface area contributed by atoms with Crippen molar-refractivity contribution in [2.75, 3.05) is 33.4 Å². The monoisotopic (exact) mass is 536 g/mol. The number of rotatable bonds is 11. The van der Waals surface area contributed by atoms with Crippen molar-refractivity contribution in [3.8, 4) is 0 Å². The molecule has 0 aromatic carbocycles. The van der Waals surface area contributed by atoms with E-state index in [0.717, 1.165) is 0 Å². The van der Waals surface area contributed by atoms with E-state index >= 15 is 0 Å². The molecule has 0 bridgehead atoms. The van der Waals surface area contributed by atoms with Crippen LogP contribution in [0.2, 0.25) is 0 Å². The van der Waals surface area contributed by atoms with Crippen molar-refractivity contribution in [1.82, 2.24) is 9.62 Å². The number of allylic oxidation sites excluding steroid dienone is 1. The van der Waals surface area contributed by atoms with Crippen LogP contribution in [0.4, 0.5) is 0 Å². The first-order valence-corrected chi connectivity index (χ1v) is 12.0. The molecule has 182 valence electrons. The van der Waals surface area contributed by atoms with Gasteiger partial charge < -0.3 is 14.0 Å². The van der Waals surface area contributed by atoms with Gasteiger partial charge in [-0.05, 0) is 26.8 Å². The zero-order valence-electron chi connectivity index (χ0n) is 17.4. The van der Waals surface area contributed by atoms with Crippen LogP contribution in [0, 0.1) is 0 Å². The summed E-state index contributed by atoms with van der Waals surface area (Å²) < 4.78 is 44.2. The van der Waals surface area contributed by atoms with Gasteiger partial charge in [-0.3, -0.25) is 23.5 Å². The standard InChI is InChI=1S/C16H24BCl3N2O9S/c1-3-28-13(23)8-6-4-5-7-12(21-32(26,27)29-11-16(18,19)20)17-30-14(24)9-22(2)10-15(25)31-17/h5,7,12,21H,3-4,6,8-11H2,1-2H3/b7-5+. The van der Waals surface area contributed by atoms with E-state index in [0.29, 0.717) is 12.8 Å². The maximum Gasteiger partial charge on any atom is 0.622 e. The summed E-state index contributed by atoms with van der Waals surface area (Å²) in [7, 11) is -4.62. The fourth-order valence-electron chi connectivity index (χ4n) is 2.37. The van der Waals surface area contributed by atoms with Gasteiger partial charge in [0.1, 0.15) is 12.5 Å². The highest BCUT2D eigenvalue weighted by Crippen LogP contribution is 2.26. The molecule has 1 aliphatic rings. The molecule has 0 aliphatic carbocycles. The van der Waals surface area contributed by atoms with E-state index in [1.165, 1.54) is 24.1 Å². The lowest BCUT2D eigenvalue weighted by Gasteiger charge is -2.26. The average Bonchev–Trinajstić information content (AvgIpc) is 2.63. The van der Waals surface area contributed by atoms with Crippen molar-refractivity contribution < 1.29 is 41.0 Å². The van der Waals surface area contributed by atoms with Gasteiger partial charge in [-0.15, -0.1) is 0 Å². The van der Waals surface area contributed by atoms with Crippen LogP contribution in [-0.2, 0) is 42.9 Å². The van der Waals surface area contributed by atoms with Gasteiger partial charge in [0, 0.05) is 6.42 Å². The van der Waals surface area contributed by atoms with Gasteiger partial charge >= 0.3 is 35.3 Å². The molecule has 32 heavy (non-hydrogen) atoms. The molecule has 16 heteroatoms. The van der Waals surface area contributed by atoms with Crippen molar-refractivity contribution in [2.24, 2.45) is 0 Å². The summed E-state index contributed by atoms with van der Waals surface area (Å²) in [6.45, 7) is 0.739. The van der Waals surface area contributed by atoms with Crippen molar-refractivity contribution in [3.05, 3.63) is 12.2 Å². The Balaban J connectivity index is 2.93. The second kappa shape index (κ2) is 13.6. The van der Waals surface area contributed by atoms with Crippen LogP contribution in [0.5, 0.6) is 0 Å². The van der Waals surface area contributed by atoms with Gasteiger partial charge in [0.2, 0.25) is 3.79 Å². The third kappa shape index (κ3) is 12.8. The Hall–Kier alpha value is -1.09. The lowest BCUT2D eigenvalue weighted by Crippen LogP contribution is -2.53. The van der Waals surface area contributed by atoms with E-state index in [-0.39, 0.29) is 32.1 Å². The molecule has 1 unspecified atom stereocenters. The topological polar surface area (TPSA) is 138 Å². The highest BCUT2D eigenvalue weighted by atomic mass is 35.6. The maximum absolute atomic E-state index is 12.3. The number of halogens is 3. The number of hydrogen-bond donors (Lipinski definition) is 1. The van der Waals surface area contributed by atoms with Gasteiger partial charge in [-0.25, -0.2) is 0 Å². The van der Waals surface area contributed by atoms with Gasteiger partial charge in [0.15, 0.2) is 0 Å². The lowest BCUT2D eigenvalue weighted by molar-refractivity contribution is -0.146. The molecular weight excluding hydrogens is 513 g/mol. The van der Waals surface area contributed by atoms with Crippen LogP contribution in [0.1, 0.15) is 26.2 Å². The maximum atomic E-state index is 12.3. The Morgan fingerprint density at radius 2 is 1.88 bits per heavy atom. The summed E-state index contributed by atoms with van der Waals surface area (Å²) in [6, 6.07) is 0. The van der Waals surface area contributed by atoms with Crippen molar-refractivity contribution in [2.45, 2.75) is 35.9 Å². The Morgan fingerprint density at radius 3 is 2.41 bits per heavy atom. The predicted molar refractivity (Wildman–Crippen MR) is 117 cm³/mol. The molecule has 0 aromatic rings. The van der Waals surface area contributed by atoms with Gasteiger partial charge in [-0.1, -0.05) is 47.0 Å². The molecule has 1 rings (SSSR count). The van der Waals surface area contributed by atoms with Gasteiger partial charge in [-0.2, -0.15) is 13.1 Å². The highest BCUT2D eigenvalue weighted by molar-refractivity contribution is 7.84. The van der Waals surface area contributed by atoms with E-state index in [4.69, 9.17) is 48.8 Å². The fourth-order valence-corrected chi connectivity index (χ4v) is 3.65. The Morgan fingerprint density at radius 1 is 1.28 bits per heavy atom. The normalized spacial score (nSPS) is 17.5. The van der Waals surface area contributed by atoms with E-state index < -0.39 is 45.7 Å². The van der Waals surface area contributed by atoms with Crippen LogP contribution in [0.15, 0.2) is 12.2 Å². The second-order valence-corrected chi connectivity index (χ2v) is 10.5. The number of nitrogens with zero attached hydrogens (tertiary/aromatic N) is 1. The minimum absolute atomic E-state index is 0.153. The van der Waals surface area contributed by atoms with E-state index in [2.05, 4.69) is 8.91 Å². The van der Waals surface area contributed by atoms with Crippen molar-refractivity contribution >= 4 is 70.1 Å². The summed E-state index contributed by atoms with van der Waals surface area (Å²) in [5, 5.41) is 0. The fraction of sp³-hybridized carbons (Fsp3) is 0.688. The quantitative estimate of drug-likeness (QED) is 0.133. The molecule has 0 aromatic heterocycles. The molecule has 1 saturated heterocycles. The molecule has 0 saturated carbocycles. The summed E-state index contributed by atoms with van der Waals surface area (Å²) in [5.41, 5.74) is 0.